The summed E-state index contributed by atoms with van der Waals surface area (Å²) in [6.07, 6.45) is 0. The van der Waals surface area contributed by atoms with Gasteiger partial charge in [0.15, 0.2) is 5.58 Å². The zero-order chi connectivity index (χ0) is 29.1. The van der Waals surface area contributed by atoms with Gasteiger partial charge in [0.2, 0.25) is 0 Å². The van der Waals surface area contributed by atoms with Crippen LogP contribution in [0, 0.1) is 13.8 Å². The molecule has 1 amide bonds. The van der Waals surface area contributed by atoms with Gasteiger partial charge >= 0.3 is 0 Å². The van der Waals surface area contributed by atoms with Crippen molar-refractivity contribution in [2.45, 2.75) is 13.8 Å². The van der Waals surface area contributed by atoms with Crippen LogP contribution < -0.4 is 10.2 Å². The molecule has 3 aromatic carbocycles. The summed E-state index contributed by atoms with van der Waals surface area (Å²) in [5.74, 6) is 0.0531. The molecule has 220 valence electrons. The standard InChI is InChI=1S/C33H39N5O4/c1-23-21-25(7-9-27(23)32(39)38-16-19-41-20-17-38)28-5-4-6-29-31(28)42-33(35-29)34-26-8-10-30(24(2)22-26)37-13-11-36(12-14-37)15-18-40-3/h4-10,21-22H,11-20H2,1-3H3,(H,34,35). The van der Waals surface area contributed by atoms with Crippen molar-refractivity contribution in [3.63, 3.8) is 0 Å². The van der Waals surface area contributed by atoms with Gasteiger partial charge in [-0.3, -0.25) is 9.69 Å². The number of oxazole rings is 1. The number of hydrogen-bond donors (Lipinski definition) is 1. The summed E-state index contributed by atoms with van der Waals surface area (Å²) in [5.41, 5.74) is 8.49. The van der Waals surface area contributed by atoms with Crippen molar-refractivity contribution < 1.29 is 18.7 Å². The highest BCUT2D eigenvalue weighted by atomic mass is 16.5. The molecule has 9 nitrogen and oxygen atoms in total. The smallest absolute Gasteiger partial charge is 0.300 e. The van der Waals surface area contributed by atoms with E-state index in [2.05, 4.69) is 46.3 Å². The number of nitrogens with one attached hydrogen (secondary N) is 1. The average Bonchev–Trinajstić information content (AvgIpc) is 3.43. The first-order valence-electron chi connectivity index (χ1n) is 14.7. The Hall–Kier alpha value is -3.92. The van der Waals surface area contributed by atoms with E-state index >= 15 is 0 Å². The van der Waals surface area contributed by atoms with E-state index in [1.54, 1.807) is 7.11 Å². The fourth-order valence-electron chi connectivity index (χ4n) is 5.88. The minimum absolute atomic E-state index is 0.0531. The number of amides is 1. The lowest BCUT2D eigenvalue weighted by molar-refractivity contribution is 0.0302. The minimum atomic E-state index is 0.0531. The Morgan fingerprint density at radius 2 is 1.76 bits per heavy atom. The van der Waals surface area contributed by atoms with Crippen molar-refractivity contribution in [1.29, 1.82) is 0 Å². The second kappa shape index (κ2) is 12.5. The van der Waals surface area contributed by atoms with Gasteiger partial charge in [0, 0.05) is 75.4 Å². The number of piperazine rings is 1. The number of aromatic nitrogens is 1. The molecular formula is C33H39N5O4. The van der Waals surface area contributed by atoms with Gasteiger partial charge in [0.1, 0.15) is 5.52 Å². The predicted molar refractivity (Wildman–Crippen MR) is 166 cm³/mol. The van der Waals surface area contributed by atoms with Crippen molar-refractivity contribution in [2.24, 2.45) is 0 Å². The molecule has 2 aliphatic rings. The van der Waals surface area contributed by atoms with E-state index in [0.29, 0.717) is 37.9 Å². The van der Waals surface area contributed by atoms with Crippen LogP contribution in [-0.2, 0) is 9.47 Å². The molecule has 3 heterocycles. The Kier molecular flexibility index (Phi) is 8.41. The van der Waals surface area contributed by atoms with E-state index in [-0.39, 0.29) is 5.91 Å². The molecule has 0 atom stereocenters. The largest absolute Gasteiger partial charge is 0.423 e. The number of benzene rings is 3. The van der Waals surface area contributed by atoms with Crippen LogP contribution in [0.15, 0.2) is 59.0 Å². The van der Waals surface area contributed by atoms with Crippen LogP contribution in [0.2, 0.25) is 0 Å². The summed E-state index contributed by atoms with van der Waals surface area (Å²) in [6, 6.07) is 18.8. The van der Waals surface area contributed by atoms with Crippen molar-refractivity contribution in [1.82, 2.24) is 14.8 Å². The summed E-state index contributed by atoms with van der Waals surface area (Å²) in [7, 11) is 1.76. The number of methoxy groups -OCH3 is 1. The number of fused-ring (bicyclic) bond motifs is 1. The van der Waals surface area contributed by atoms with E-state index in [9.17, 15) is 4.79 Å². The first kappa shape index (κ1) is 28.2. The van der Waals surface area contributed by atoms with Crippen molar-refractivity contribution in [2.75, 3.05) is 83.0 Å². The zero-order valence-corrected chi connectivity index (χ0v) is 24.7. The number of ether oxygens (including phenoxy) is 2. The maximum Gasteiger partial charge on any atom is 0.300 e. The molecule has 0 spiro atoms. The van der Waals surface area contributed by atoms with E-state index in [4.69, 9.17) is 18.9 Å². The van der Waals surface area contributed by atoms with Crippen LogP contribution in [-0.4, -0.2) is 93.4 Å². The van der Waals surface area contributed by atoms with Crippen molar-refractivity contribution in [3.05, 3.63) is 71.3 Å². The number of carbonyl (C=O) groups excluding carboxylic acids is 1. The predicted octanol–water partition coefficient (Wildman–Crippen LogP) is 5.10. The Labute approximate surface area is 247 Å². The number of rotatable bonds is 8. The molecule has 6 rings (SSSR count). The molecule has 0 saturated carbocycles. The second-order valence-corrected chi connectivity index (χ2v) is 11.1. The van der Waals surface area contributed by atoms with E-state index < -0.39 is 0 Å². The second-order valence-electron chi connectivity index (χ2n) is 11.1. The maximum atomic E-state index is 13.1. The quantitative estimate of drug-likeness (QED) is 0.314. The number of nitrogens with zero attached hydrogens (tertiary/aromatic N) is 4. The van der Waals surface area contributed by atoms with Gasteiger partial charge in [-0.25, -0.2) is 0 Å². The molecule has 9 heteroatoms. The molecule has 0 bridgehead atoms. The summed E-state index contributed by atoms with van der Waals surface area (Å²) in [5, 5.41) is 3.37. The summed E-state index contributed by atoms with van der Waals surface area (Å²) in [4.78, 5) is 24.6. The highest BCUT2D eigenvalue weighted by molar-refractivity contribution is 5.97. The fourth-order valence-corrected chi connectivity index (χ4v) is 5.88. The number of morpholine rings is 1. The zero-order valence-electron chi connectivity index (χ0n) is 24.7. The van der Waals surface area contributed by atoms with Crippen LogP contribution in [0.5, 0.6) is 0 Å². The van der Waals surface area contributed by atoms with E-state index in [0.717, 1.165) is 72.8 Å². The van der Waals surface area contributed by atoms with Crippen LogP contribution >= 0.6 is 0 Å². The fraction of sp³-hybridized carbons (Fsp3) is 0.394. The number of aryl methyl sites for hydroxylation is 2. The molecule has 1 N–H and O–H groups in total. The monoisotopic (exact) mass is 569 g/mol. The van der Waals surface area contributed by atoms with Gasteiger partial charge in [-0.2, -0.15) is 4.98 Å². The van der Waals surface area contributed by atoms with Gasteiger partial charge in [-0.15, -0.1) is 0 Å². The molecular weight excluding hydrogens is 530 g/mol. The lowest BCUT2D eigenvalue weighted by atomic mass is 9.98. The van der Waals surface area contributed by atoms with Crippen molar-refractivity contribution >= 4 is 34.4 Å². The summed E-state index contributed by atoms with van der Waals surface area (Å²) >= 11 is 0. The Morgan fingerprint density at radius 3 is 2.50 bits per heavy atom. The highest BCUT2D eigenvalue weighted by Crippen LogP contribution is 2.33. The number of carbonyl (C=O) groups is 1. The molecule has 2 saturated heterocycles. The molecule has 1 aromatic heterocycles. The number of para-hydroxylation sites is 1. The van der Waals surface area contributed by atoms with E-state index in [1.165, 1.54) is 11.3 Å². The van der Waals surface area contributed by atoms with Crippen molar-refractivity contribution in [3.8, 4) is 11.1 Å². The average molecular weight is 570 g/mol. The van der Waals surface area contributed by atoms with Crippen LogP contribution in [0.1, 0.15) is 21.5 Å². The number of hydrogen-bond acceptors (Lipinski definition) is 8. The Bertz CT molecular complexity index is 1550. The molecule has 4 aromatic rings. The first-order valence-corrected chi connectivity index (χ1v) is 14.7. The number of anilines is 3. The third-order valence-corrected chi connectivity index (χ3v) is 8.25. The van der Waals surface area contributed by atoms with Gasteiger partial charge in [0.25, 0.3) is 11.9 Å². The third-order valence-electron chi connectivity index (χ3n) is 8.25. The van der Waals surface area contributed by atoms with Gasteiger partial charge in [0.05, 0.1) is 19.8 Å². The van der Waals surface area contributed by atoms with E-state index in [1.807, 2.05) is 42.2 Å². The maximum absolute atomic E-state index is 13.1. The first-order chi connectivity index (χ1) is 20.5. The topological polar surface area (TPSA) is 83.3 Å². The van der Waals surface area contributed by atoms with Crippen LogP contribution in [0.25, 0.3) is 22.2 Å². The lowest BCUT2D eigenvalue weighted by Crippen LogP contribution is -2.47. The Balaban J connectivity index is 1.17. The van der Waals surface area contributed by atoms with Gasteiger partial charge in [-0.1, -0.05) is 24.3 Å². The van der Waals surface area contributed by atoms with Crippen LogP contribution in [0.4, 0.5) is 17.4 Å². The summed E-state index contributed by atoms with van der Waals surface area (Å²) < 4.78 is 16.9. The Morgan fingerprint density at radius 1 is 0.952 bits per heavy atom. The summed E-state index contributed by atoms with van der Waals surface area (Å²) in [6.45, 7) is 12.4. The SMILES string of the molecule is COCCN1CCN(c2ccc(Nc3nc4cccc(-c5ccc(C(=O)N6CCOCC6)c(C)c5)c4o3)cc2C)CC1. The minimum Gasteiger partial charge on any atom is -0.423 e. The lowest BCUT2D eigenvalue weighted by Gasteiger charge is -2.36. The molecule has 0 aliphatic carbocycles. The normalized spacial score (nSPS) is 16.3. The molecule has 2 fully saturated rings. The van der Waals surface area contributed by atoms with Gasteiger partial charge < -0.3 is 29.0 Å². The third kappa shape index (κ3) is 5.99. The molecule has 42 heavy (non-hydrogen) atoms. The molecule has 2 aliphatic heterocycles. The van der Waals surface area contributed by atoms with Gasteiger partial charge in [-0.05, 0) is 60.9 Å². The highest BCUT2D eigenvalue weighted by Gasteiger charge is 2.22. The van der Waals surface area contributed by atoms with Crippen LogP contribution in [0.3, 0.4) is 0 Å². The molecule has 0 radical (unpaired) electrons. The molecule has 0 unspecified atom stereocenters.